The first-order valence-corrected chi connectivity index (χ1v) is 11.5. The van der Waals surface area contributed by atoms with Crippen LogP contribution in [-0.2, 0) is 22.6 Å². The summed E-state index contributed by atoms with van der Waals surface area (Å²) in [5.74, 6) is -0.867. The van der Waals surface area contributed by atoms with Gasteiger partial charge in [-0.2, -0.15) is 0 Å². The number of benzene rings is 2. The van der Waals surface area contributed by atoms with Crippen LogP contribution in [0, 0.1) is 13.8 Å². The van der Waals surface area contributed by atoms with E-state index in [1.54, 1.807) is 0 Å². The predicted molar refractivity (Wildman–Crippen MR) is 127 cm³/mol. The molecule has 1 aliphatic heterocycles. The summed E-state index contributed by atoms with van der Waals surface area (Å²) in [6.45, 7) is 4.13. The van der Waals surface area contributed by atoms with Crippen molar-refractivity contribution >= 4 is 29.5 Å². The fourth-order valence-corrected chi connectivity index (χ4v) is 5.13. The Bertz CT molecular complexity index is 1270. The summed E-state index contributed by atoms with van der Waals surface area (Å²) in [6, 6.07) is 15.7. The fourth-order valence-electron chi connectivity index (χ4n) is 3.84. The third-order valence-electron chi connectivity index (χ3n) is 5.80. The number of rotatable bonds is 6. The summed E-state index contributed by atoms with van der Waals surface area (Å²) in [6.07, 6.45) is -0.245. The number of carbonyl (C=O) groups excluding carboxylic acids is 1. The molecule has 0 saturated carbocycles. The molecular formula is C25H24N2O5S. The van der Waals surface area contributed by atoms with E-state index in [9.17, 15) is 19.5 Å². The number of carboxylic acid groups (broad SMARTS) is 1. The van der Waals surface area contributed by atoms with E-state index in [2.05, 4.69) is 5.32 Å². The number of hydrogen-bond acceptors (Lipinski definition) is 5. The topological polar surface area (TPSA) is 97.6 Å². The minimum Gasteiger partial charge on any atom is -0.480 e. The maximum Gasteiger partial charge on any atom is 0.412 e. The van der Waals surface area contributed by atoms with E-state index in [0.29, 0.717) is 22.7 Å². The molecule has 2 aromatic carbocycles. The third-order valence-corrected chi connectivity index (χ3v) is 6.96. The van der Waals surface area contributed by atoms with Gasteiger partial charge in [-0.05, 0) is 41.7 Å². The molecule has 0 unspecified atom stereocenters. The van der Waals surface area contributed by atoms with Crippen LogP contribution in [0.4, 0.5) is 10.5 Å². The lowest BCUT2D eigenvalue weighted by molar-refractivity contribution is -0.140. The van der Waals surface area contributed by atoms with Crippen LogP contribution >= 0.6 is 11.8 Å². The van der Waals surface area contributed by atoms with Crippen molar-refractivity contribution in [2.24, 2.45) is 0 Å². The van der Waals surface area contributed by atoms with Crippen LogP contribution in [0.3, 0.4) is 0 Å². The number of carbonyl (C=O) groups is 2. The smallest absolute Gasteiger partial charge is 0.412 e. The summed E-state index contributed by atoms with van der Waals surface area (Å²) < 4.78 is 6.62. The summed E-state index contributed by atoms with van der Waals surface area (Å²) in [7, 11) is 0. The lowest BCUT2D eigenvalue weighted by Crippen LogP contribution is -2.30. The normalized spacial score (nSPS) is 14.5. The molecule has 1 amide bonds. The average molecular weight is 465 g/mol. The van der Waals surface area contributed by atoms with Crippen molar-refractivity contribution in [3.8, 4) is 0 Å². The van der Waals surface area contributed by atoms with Gasteiger partial charge < -0.3 is 9.84 Å². The van der Waals surface area contributed by atoms with Crippen LogP contribution in [-0.4, -0.2) is 27.5 Å². The highest BCUT2D eigenvalue weighted by molar-refractivity contribution is 7.99. The zero-order valence-corrected chi connectivity index (χ0v) is 19.1. The highest BCUT2D eigenvalue weighted by atomic mass is 32.2. The average Bonchev–Trinajstić information content (AvgIpc) is 3.25. The number of carboxylic acids is 1. The molecule has 2 heterocycles. The van der Waals surface area contributed by atoms with Gasteiger partial charge in [0.25, 0.3) is 5.56 Å². The number of nitrogens with zero attached hydrogens (tertiary/aromatic N) is 1. The SMILES string of the molecule is Cc1cccc(Cc2cc(=O)n3c(c2NC(=O)OCc2ccccc2)SC[C@H]3C(=O)O)c1C. The standard InChI is InChI=1S/C25H24N2O5S/c1-15-7-6-10-18(16(15)2)11-19-12-21(28)27-20(24(29)30)14-33-23(27)22(19)26-25(31)32-13-17-8-4-3-5-9-17/h3-10,12,20H,11,13-14H2,1-2H3,(H,26,31)(H,29,30)/t20-/m0/s1. The largest absolute Gasteiger partial charge is 0.480 e. The van der Waals surface area contributed by atoms with Crippen molar-refractivity contribution < 1.29 is 19.4 Å². The number of anilines is 1. The van der Waals surface area contributed by atoms with Crippen molar-refractivity contribution in [3.63, 3.8) is 0 Å². The van der Waals surface area contributed by atoms with Gasteiger partial charge in [-0.3, -0.25) is 14.7 Å². The lowest BCUT2D eigenvalue weighted by atomic mass is 9.97. The van der Waals surface area contributed by atoms with Crippen molar-refractivity contribution in [1.82, 2.24) is 4.57 Å². The Morgan fingerprint density at radius 3 is 2.61 bits per heavy atom. The highest BCUT2D eigenvalue weighted by Gasteiger charge is 2.33. The summed E-state index contributed by atoms with van der Waals surface area (Å²) >= 11 is 1.25. The van der Waals surface area contributed by atoms with Gasteiger partial charge in [0.15, 0.2) is 0 Å². The Morgan fingerprint density at radius 1 is 1.12 bits per heavy atom. The van der Waals surface area contributed by atoms with Gasteiger partial charge in [-0.1, -0.05) is 48.5 Å². The van der Waals surface area contributed by atoms with Crippen molar-refractivity contribution in [3.05, 3.63) is 92.8 Å². The van der Waals surface area contributed by atoms with Crippen LogP contribution in [0.2, 0.25) is 0 Å². The van der Waals surface area contributed by atoms with Gasteiger partial charge in [0.05, 0.1) is 5.69 Å². The zero-order valence-electron chi connectivity index (χ0n) is 18.3. The molecule has 33 heavy (non-hydrogen) atoms. The molecule has 0 fully saturated rings. The monoisotopic (exact) mass is 464 g/mol. The van der Waals surface area contributed by atoms with Gasteiger partial charge in [-0.25, -0.2) is 9.59 Å². The first-order valence-electron chi connectivity index (χ1n) is 10.5. The van der Waals surface area contributed by atoms with E-state index in [0.717, 1.165) is 22.3 Å². The first-order chi connectivity index (χ1) is 15.8. The molecule has 1 aromatic heterocycles. The molecule has 0 radical (unpaired) electrons. The molecule has 170 valence electrons. The van der Waals surface area contributed by atoms with Crippen molar-refractivity contribution in [1.29, 1.82) is 0 Å². The molecule has 3 aromatic rings. The number of amides is 1. The molecule has 8 heteroatoms. The van der Waals surface area contributed by atoms with Crippen LogP contribution in [0.25, 0.3) is 0 Å². The van der Waals surface area contributed by atoms with E-state index in [-0.39, 0.29) is 12.4 Å². The Labute approximate surface area is 195 Å². The molecule has 0 spiro atoms. The van der Waals surface area contributed by atoms with Crippen LogP contribution < -0.4 is 10.9 Å². The number of pyridine rings is 1. The molecule has 1 atom stereocenters. The maximum absolute atomic E-state index is 12.9. The molecule has 7 nitrogen and oxygen atoms in total. The summed E-state index contributed by atoms with van der Waals surface area (Å²) in [5.41, 5.74) is 4.74. The number of ether oxygens (including phenoxy) is 1. The quantitative estimate of drug-likeness (QED) is 0.556. The molecule has 0 aliphatic carbocycles. The van der Waals surface area contributed by atoms with E-state index in [1.165, 1.54) is 22.4 Å². The number of aliphatic carboxylic acids is 1. The van der Waals surface area contributed by atoms with E-state index >= 15 is 0 Å². The minimum atomic E-state index is -1.08. The Kier molecular flexibility index (Phi) is 6.55. The van der Waals surface area contributed by atoms with Crippen molar-refractivity contribution in [2.45, 2.75) is 37.9 Å². The Morgan fingerprint density at radius 2 is 1.88 bits per heavy atom. The molecular weight excluding hydrogens is 440 g/mol. The molecule has 0 saturated heterocycles. The van der Waals surface area contributed by atoms with Crippen molar-refractivity contribution in [2.75, 3.05) is 11.1 Å². The number of thioether (sulfide) groups is 1. The number of hydrogen-bond donors (Lipinski definition) is 2. The second-order valence-electron chi connectivity index (χ2n) is 7.95. The van der Waals surface area contributed by atoms with Gasteiger partial charge in [0.2, 0.25) is 0 Å². The van der Waals surface area contributed by atoms with Crippen LogP contribution in [0.5, 0.6) is 0 Å². The second kappa shape index (κ2) is 9.54. The number of aromatic nitrogens is 1. The van der Waals surface area contributed by atoms with Crippen LogP contribution in [0.15, 0.2) is 64.4 Å². The van der Waals surface area contributed by atoms with E-state index < -0.39 is 23.7 Å². The van der Waals surface area contributed by atoms with Gasteiger partial charge >= 0.3 is 12.1 Å². The molecule has 4 rings (SSSR count). The van der Waals surface area contributed by atoms with Gasteiger partial charge in [0, 0.05) is 18.2 Å². The number of aryl methyl sites for hydroxylation is 1. The van der Waals surface area contributed by atoms with Gasteiger partial charge in [0.1, 0.15) is 17.7 Å². The molecule has 2 N–H and O–H groups in total. The second-order valence-corrected chi connectivity index (χ2v) is 8.95. The number of nitrogens with one attached hydrogen (secondary N) is 1. The predicted octanol–water partition coefficient (Wildman–Crippen LogP) is 4.54. The zero-order chi connectivity index (χ0) is 23.5. The minimum absolute atomic E-state index is 0.0961. The Balaban J connectivity index is 1.69. The van der Waals surface area contributed by atoms with E-state index in [4.69, 9.17) is 4.74 Å². The lowest BCUT2D eigenvalue weighted by Gasteiger charge is -2.18. The Hall–Kier alpha value is -3.52. The molecule has 0 bridgehead atoms. The maximum atomic E-state index is 12.9. The first kappa shape index (κ1) is 22.7. The van der Waals surface area contributed by atoms with Crippen LogP contribution in [0.1, 0.15) is 33.9 Å². The van der Waals surface area contributed by atoms with Gasteiger partial charge in [-0.15, -0.1) is 11.8 Å². The third kappa shape index (κ3) is 4.80. The summed E-state index contributed by atoms with van der Waals surface area (Å²) in [5, 5.41) is 12.8. The number of fused-ring (bicyclic) bond motifs is 1. The highest BCUT2D eigenvalue weighted by Crippen LogP contribution is 2.39. The fraction of sp³-hybridized carbons (Fsp3) is 0.240. The summed E-state index contributed by atoms with van der Waals surface area (Å²) in [4.78, 5) is 37.2. The molecule has 1 aliphatic rings. The van der Waals surface area contributed by atoms with E-state index in [1.807, 2.05) is 62.4 Å².